The monoisotopic (exact) mass is 390 g/mol. The number of aliphatic hydroxyl groups excluding tert-OH is 1. The first kappa shape index (κ1) is 21.4. The molecule has 9 heteroatoms. The molecule has 0 unspecified atom stereocenters. The molecule has 1 aliphatic heterocycles. The molecule has 4 amide bonds. The third-order valence-electron chi connectivity index (χ3n) is 4.33. The Morgan fingerprint density at radius 3 is 2.46 bits per heavy atom. The minimum atomic E-state index is -1.25. The van der Waals surface area contributed by atoms with E-state index >= 15 is 0 Å². The van der Waals surface area contributed by atoms with E-state index in [2.05, 4.69) is 5.32 Å². The Hall–Kier alpha value is -2.94. The summed E-state index contributed by atoms with van der Waals surface area (Å²) < 4.78 is 0. The van der Waals surface area contributed by atoms with Crippen LogP contribution in [0.5, 0.6) is 0 Å². The Labute approximate surface area is 163 Å². The normalized spacial score (nSPS) is 17.6. The van der Waals surface area contributed by atoms with Crippen LogP contribution < -0.4 is 11.1 Å². The van der Waals surface area contributed by atoms with Crippen molar-refractivity contribution in [2.45, 2.75) is 32.9 Å². The predicted molar refractivity (Wildman–Crippen MR) is 102 cm³/mol. The third-order valence-corrected chi connectivity index (χ3v) is 4.33. The summed E-state index contributed by atoms with van der Waals surface area (Å²) in [6.45, 7) is 4.64. The Kier molecular flexibility index (Phi) is 6.74. The standard InChI is InChI=1S/C19H26N4O5/c1-11(2)8-22(9-15(20)25)16(26)10-23-17(12(3)24)18(27)21-14-7-5-4-6-13(14)19(23)28/h4-7,11-12,17,24H,8-10H2,1-3H3,(H2,20,25)(H,21,27)/t12-,17+/m1/s1. The van der Waals surface area contributed by atoms with E-state index in [0.29, 0.717) is 5.69 Å². The van der Waals surface area contributed by atoms with E-state index in [1.54, 1.807) is 18.2 Å². The van der Waals surface area contributed by atoms with Crippen molar-refractivity contribution in [1.82, 2.24) is 9.80 Å². The molecular weight excluding hydrogens is 364 g/mol. The number of amides is 4. The number of primary amides is 1. The quantitative estimate of drug-likeness (QED) is 0.593. The minimum Gasteiger partial charge on any atom is -0.391 e. The Bertz CT molecular complexity index is 777. The van der Waals surface area contributed by atoms with Gasteiger partial charge >= 0.3 is 0 Å². The third kappa shape index (κ3) is 4.86. The molecule has 0 aliphatic carbocycles. The molecular formula is C19H26N4O5. The topological polar surface area (TPSA) is 133 Å². The number of nitrogens with zero attached hydrogens (tertiary/aromatic N) is 2. The number of para-hydroxylation sites is 1. The van der Waals surface area contributed by atoms with E-state index < -0.39 is 42.3 Å². The molecule has 28 heavy (non-hydrogen) atoms. The van der Waals surface area contributed by atoms with Crippen LogP contribution in [-0.2, 0) is 14.4 Å². The predicted octanol–water partition coefficient (Wildman–Crippen LogP) is -0.200. The van der Waals surface area contributed by atoms with Crippen LogP contribution in [0.15, 0.2) is 24.3 Å². The second-order valence-corrected chi connectivity index (χ2v) is 7.29. The SMILES string of the molecule is CC(C)CN(CC(N)=O)C(=O)CN1C(=O)c2ccccc2NC(=O)[C@@H]1[C@@H](C)O. The van der Waals surface area contributed by atoms with Crippen molar-refractivity contribution in [1.29, 1.82) is 0 Å². The van der Waals surface area contributed by atoms with E-state index in [-0.39, 0.29) is 24.6 Å². The number of carbonyl (C=O) groups excluding carboxylic acids is 4. The van der Waals surface area contributed by atoms with Crippen molar-refractivity contribution >= 4 is 29.3 Å². The molecule has 0 saturated heterocycles. The van der Waals surface area contributed by atoms with Crippen molar-refractivity contribution in [3.05, 3.63) is 29.8 Å². The van der Waals surface area contributed by atoms with Crippen LogP contribution in [0.3, 0.4) is 0 Å². The maximum absolute atomic E-state index is 13.1. The van der Waals surface area contributed by atoms with Crippen LogP contribution in [0, 0.1) is 5.92 Å². The fraction of sp³-hybridized carbons (Fsp3) is 0.474. The number of carbonyl (C=O) groups is 4. The highest BCUT2D eigenvalue weighted by Gasteiger charge is 2.39. The highest BCUT2D eigenvalue weighted by atomic mass is 16.3. The molecule has 2 rings (SSSR count). The molecule has 1 heterocycles. The zero-order chi connectivity index (χ0) is 21.0. The van der Waals surface area contributed by atoms with E-state index in [4.69, 9.17) is 5.73 Å². The van der Waals surface area contributed by atoms with Crippen LogP contribution in [0.25, 0.3) is 0 Å². The Morgan fingerprint density at radius 1 is 1.25 bits per heavy atom. The van der Waals surface area contributed by atoms with Gasteiger partial charge < -0.3 is 26.0 Å². The van der Waals surface area contributed by atoms with Crippen LogP contribution in [0.2, 0.25) is 0 Å². The number of aliphatic hydroxyl groups is 1. The summed E-state index contributed by atoms with van der Waals surface area (Å²) in [5, 5.41) is 12.7. The van der Waals surface area contributed by atoms with Crippen molar-refractivity contribution in [2.24, 2.45) is 11.7 Å². The lowest BCUT2D eigenvalue weighted by molar-refractivity contribution is -0.138. The van der Waals surface area contributed by atoms with Gasteiger partial charge in [0.05, 0.1) is 23.9 Å². The van der Waals surface area contributed by atoms with Gasteiger partial charge in [-0.05, 0) is 25.0 Å². The molecule has 9 nitrogen and oxygen atoms in total. The zero-order valence-electron chi connectivity index (χ0n) is 16.2. The summed E-state index contributed by atoms with van der Waals surface area (Å²) in [6, 6.07) is 5.17. The maximum Gasteiger partial charge on any atom is 0.257 e. The van der Waals surface area contributed by atoms with E-state index in [1.165, 1.54) is 17.9 Å². The van der Waals surface area contributed by atoms with Gasteiger partial charge in [-0.1, -0.05) is 26.0 Å². The molecule has 1 aliphatic rings. The number of hydrogen-bond acceptors (Lipinski definition) is 5. The molecule has 4 N–H and O–H groups in total. The van der Waals surface area contributed by atoms with Crippen molar-refractivity contribution in [3.63, 3.8) is 0 Å². The molecule has 1 aromatic carbocycles. The molecule has 0 aromatic heterocycles. The molecule has 0 radical (unpaired) electrons. The number of rotatable bonds is 7. The Morgan fingerprint density at radius 2 is 1.89 bits per heavy atom. The van der Waals surface area contributed by atoms with Crippen molar-refractivity contribution < 1.29 is 24.3 Å². The first-order valence-corrected chi connectivity index (χ1v) is 9.06. The van der Waals surface area contributed by atoms with Gasteiger partial charge in [-0.15, -0.1) is 0 Å². The summed E-state index contributed by atoms with van der Waals surface area (Å²) >= 11 is 0. The lowest BCUT2D eigenvalue weighted by Crippen LogP contribution is -2.55. The number of nitrogens with two attached hydrogens (primary N) is 1. The van der Waals surface area contributed by atoms with Gasteiger partial charge in [-0.3, -0.25) is 19.2 Å². The zero-order valence-corrected chi connectivity index (χ0v) is 16.2. The Balaban J connectivity index is 2.37. The lowest BCUT2D eigenvalue weighted by atomic mass is 10.1. The number of benzene rings is 1. The van der Waals surface area contributed by atoms with Gasteiger partial charge in [-0.2, -0.15) is 0 Å². The average molecular weight is 390 g/mol. The molecule has 2 atom stereocenters. The van der Waals surface area contributed by atoms with Gasteiger partial charge in [0.15, 0.2) is 0 Å². The van der Waals surface area contributed by atoms with Gasteiger partial charge in [0.25, 0.3) is 5.91 Å². The van der Waals surface area contributed by atoms with Gasteiger partial charge in [0.1, 0.15) is 12.6 Å². The minimum absolute atomic E-state index is 0.0692. The highest BCUT2D eigenvalue weighted by molar-refractivity contribution is 6.10. The molecule has 0 fully saturated rings. The van der Waals surface area contributed by atoms with Gasteiger partial charge in [0, 0.05) is 6.54 Å². The van der Waals surface area contributed by atoms with Crippen LogP contribution in [-0.4, -0.2) is 70.3 Å². The smallest absolute Gasteiger partial charge is 0.257 e. The molecule has 0 bridgehead atoms. The van der Waals surface area contributed by atoms with Crippen molar-refractivity contribution in [3.8, 4) is 0 Å². The number of anilines is 1. The maximum atomic E-state index is 13.1. The fourth-order valence-electron chi connectivity index (χ4n) is 3.19. The van der Waals surface area contributed by atoms with E-state index in [9.17, 15) is 24.3 Å². The highest BCUT2D eigenvalue weighted by Crippen LogP contribution is 2.24. The molecule has 0 spiro atoms. The molecule has 1 aromatic rings. The van der Waals surface area contributed by atoms with E-state index in [1.807, 2.05) is 13.8 Å². The number of nitrogens with one attached hydrogen (secondary N) is 1. The average Bonchev–Trinajstić information content (AvgIpc) is 2.68. The first-order chi connectivity index (χ1) is 13.1. The number of fused-ring (bicyclic) bond motifs is 1. The van der Waals surface area contributed by atoms with E-state index in [0.717, 1.165) is 4.90 Å². The lowest BCUT2D eigenvalue weighted by Gasteiger charge is -2.32. The summed E-state index contributed by atoms with van der Waals surface area (Å²) in [4.78, 5) is 52.2. The van der Waals surface area contributed by atoms with Crippen molar-refractivity contribution in [2.75, 3.05) is 25.0 Å². The largest absolute Gasteiger partial charge is 0.391 e. The number of hydrogen-bond donors (Lipinski definition) is 3. The van der Waals surface area contributed by atoms with Crippen LogP contribution >= 0.6 is 0 Å². The second kappa shape index (κ2) is 8.83. The summed E-state index contributed by atoms with van der Waals surface area (Å²) in [5.41, 5.74) is 5.77. The first-order valence-electron chi connectivity index (χ1n) is 9.06. The van der Waals surface area contributed by atoms with Crippen LogP contribution in [0.4, 0.5) is 5.69 Å². The summed E-state index contributed by atoms with van der Waals surface area (Å²) in [5.74, 6) is -2.28. The van der Waals surface area contributed by atoms with Crippen LogP contribution in [0.1, 0.15) is 31.1 Å². The van der Waals surface area contributed by atoms with Gasteiger partial charge in [-0.25, -0.2) is 0 Å². The summed E-state index contributed by atoms with van der Waals surface area (Å²) in [7, 11) is 0. The van der Waals surface area contributed by atoms with Gasteiger partial charge in [0.2, 0.25) is 17.7 Å². The molecule has 0 saturated carbocycles. The summed E-state index contributed by atoms with van der Waals surface area (Å²) in [6.07, 6.45) is -1.21. The molecule has 152 valence electrons. The second-order valence-electron chi connectivity index (χ2n) is 7.29. The fourth-order valence-corrected chi connectivity index (χ4v) is 3.19.